The molecule has 0 saturated heterocycles. The average Bonchev–Trinajstić information content (AvgIpc) is 2.30. The van der Waals surface area contributed by atoms with Crippen LogP contribution in [-0.2, 0) is 14.3 Å². The summed E-state index contributed by atoms with van der Waals surface area (Å²) in [5.41, 5.74) is 0. The molecule has 0 spiro atoms. The molecule has 0 saturated carbocycles. The molecule has 0 aliphatic carbocycles. The van der Waals surface area contributed by atoms with E-state index >= 15 is 0 Å². The molecule has 104 valence electrons. The zero-order valence-corrected chi connectivity index (χ0v) is 11.1. The molecule has 7 nitrogen and oxygen atoms in total. The van der Waals surface area contributed by atoms with Crippen molar-refractivity contribution in [1.82, 2.24) is 10.2 Å². The molecule has 7 heteroatoms. The highest BCUT2D eigenvalue weighted by Crippen LogP contribution is 2.02. The van der Waals surface area contributed by atoms with Gasteiger partial charge in [-0.1, -0.05) is 13.8 Å². The maximum Gasteiger partial charge on any atom is 0.326 e. The molecule has 1 atom stereocenters. The summed E-state index contributed by atoms with van der Waals surface area (Å²) in [6.07, 6.45) is 0.0693. The van der Waals surface area contributed by atoms with Crippen LogP contribution in [0.3, 0.4) is 0 Å². The van der Waals surface area contributed by atoms with Gasteiger partial charge in [0, 0.05) is 13.6 Å². The Morgan fingerprint density at radius 3 is 2.28 bits per heavy atom. The molecule has 2 amide bonds. The van der Waals surface area contributed by atoms with Crippen molar-refractivity contribution in [2.24, 2.45) is 5.92 Å². The summed E-state index contributed by atoms with van der Waals surface area (Å²) in [6.45, 7) is 3.57. The number of urea groups is 1. The second-order valence-electron chi connectivity index (χ2n) is 4.26. The van der Waals surface area contributed by atoms with Crippen molar-refractivity contribution in [1.29, 1.82) is 0 Å². The number of rotatable bonds is 6. The van der Waals surface area contributed by atoms with Crippen molar-refractivity contribution in [2.75, 3.05) is 20.7 Å². The molecule has 18 heavy (non-hydrogen) atoms. The Hall–Kier alpha value is -1.79. The minimum absolute atomic E-state index is 0.0693. The molecule has 2 N–H and O–H groups in total. The first-order valence-corrected chi connectivity index (χ1v) is 5.60. The minimum Gasteiger partial charge on any atom is -0.480 e. The van der Waals surface area contributed by atoms with Crippen LogP contribution in [0.2, 0.25) is 0 Å². The lowest BCUT2D eigenvalue weighted by Gasteiger charge is -2.23. The molecule has 0 aromatic heterocycles. The summed E-state index contributed by atoms with van der Waals surface area (Å²) in [6, 6.07) is -1.47. The maximum absolute atomic E-state index is 11.7. The molecule has 0 bridgehead atoms. The average molecular weight is 260 g/mol. The number of hydrogen-bond donors (Lipinski definition) is 2. The molecule has 0 unspecified atom stereocenters. The number of ether oxygens (including phenoxy) is 1. The third kappa shape index (κ3) is 5.51. The first-order chi connectivity index (χ1) is 8.29. The van der Waals surface area contributed by atoms with E-state index in [9.17, 15) is 14.4 Å². The number of hydrogen-bond acceptors (Lipinski definition) is 4. The zero-order valence-electron chi connectivity index (χ0n) is 11.1. The second-order valence-corrected chi connectivity index (χ2v) is 4.26. The highest BCUT2D eigenvalue weighted by Gasteiger charge is 2.24. The first-order valence-electron chi connectivity index (χ1n) is 5.60. The highest BCUT2D eigenvalue weighted by atomic mass is 16.5. The Balaban J connectivity index is 4.29. The van der Waals surface area contributed by atoms with E-state index in [0.717, 1.165) is 0 Å². The molecule has 0 fully saturated rings. The molecule has 0 heterocycles. The fourth-order valence-corrected chi connectivity index (χ4v) is 1.22. The Kier molecular flexibility index (Phi) is 6.77. The summed E-state index contributed by atoms with van der Waals surface area (Å²) in [7, 11) is 2.75. The van der Waals surface area contributed by atoms with Gasteiger partial charge in [0.25, 0.3) is 0 Å². The van der Waals surface area contributed by atoms with Crippen molar-refractivity contribution >= 4 is 18.0 Å². The van der Waals surface area contributed by atoms with E-state index in [-0.39, 0.29) is 18.9 Å². The van der Waals surface area contributed by atoms with Crippen LogP contribution in [0.5, 0.6) is 0 Å². The summed E-state index contributed by atoms with van der Waals surface area (Å²) in [5.74, 6) is -1.73. The Morgan fingerprint density at radius 2 is 1.89 bits per heavy atom. The van der Waals surface area contributed by atoms with Crippen LogP contribution >= 0.6 is 0 Å². The van der Waals surface area contributed by atoms with E-state index in [4.69, 9.17) is 5.11 Å². The molecule has 0 radical (unpaired) electrons. The van der Waals surface area contributed by atoms with E-state index in [1.807, 2.05) is 0 Å². The maximum atomic E-state index is 11.7. The van der Waals surface area contributed by atoms with Crippen LogP contribution in [-0.4, -0.2) is 54.7 Å². The Morgan fingerprint density at radius 1 is 1.33 bits per heavy atom. The standard InChI is InChI=1S/C11H20N2O5/c1-7(2)9(10(15)16)12-11(17)13(3)6-5-8(14)18-4/h7,9H,5-6H2,1-4H3,(H,12,17)(H,15,16)/t9-/m0/s1. The van der Waals surface area contributed by atoms with Gasteiger partial charge in [-0.25, -0.2) is 9.59 Å². The summed E-state index contributed by atoms with van der Waals surface area (Å²) in [5, 5.41) is 11.3. The van der Waals surface area contributed by atoms with E-state index in [2.05, 4.69) is 10.1 Å². The molecule has 0 aromatic rings. The molecule has 0 aliphatic rings. The van der Waals surface area contributed by atoms with Crippen LogP contribution in [0.15, 0.2) is 0 Å². The molecule has 0 rings (SSSR count). The van der Waals surface area contributed by atoms with E-state index in [1.54, 1.807) is 13.8 Å². The zero-order chi connectivity index (χ0) is 14.3. The fraction of sp³-hybridized carbons (Fsp3) is 0.727. The third-order valence-corrected chi connectivity index (χ3v) is 2.44. The Labute approximate surface area is 106 Å². The largest absolute Gasteiger partial charge is 0.480 e. The molecular formula is C11H20N2O5. The van der Waals surface area contributed by atoms with Gasteiger partial charge in [-0.3, -0.25) is 4.79 Å². The third-order valence-electron chi connectivity index (χ3n) is 2.44. The van der Waals surface area contributed by atoms with E-state index in [0.29, 0.717) is 0 Å². The normalized spacial score (nSPS) is 11.8. The minimum atomic E-state index is -1.08. The number of esters is 1. The van der Waals surface area contributed by atoms with Crippen molar-refractivity contribution in [3.8, 4) is 0 Å². The predicted octanol–water partition coefficient (Wildman–Crippen LogP) is 0.300. The van der Waals surface area contributed by atoms with E-state index < -0.39 is 24.0 Å². The molecule has 0 aliphatic heterocycles. The van der Waals surface area contributed by atoms with Gasteiger partial charge in [-0.05, 0) is 5.92 Å². The van der Waals surface area contributed by atoms with Gasteiger partial charge in [-0.2, -0.15) is 0 Å². The van der Waals surface area contributed by atoms with Gasteiger partial charge in [0.2, 0.25) is 0 Å². The smallest absolute Gasteiger partial charge is 0.326 e. The lowest BCUT2D eigenvalue weighted by atomic mass is 10.1. The van der Waals surface area contributed by atoms with Crippen LogP contribution in [0.1, 0.15) is 20.3 Å². The first kappa shape index (κ1) is 16.2. The van der Waals surface area contributed by atoms with Crippen LogP contribution in [0, 0.1) is 5.92 Å². The van der Waals surface area contributed by atoms with Crippen molar-refractivity contribution in [3.05, 3.63) is 0 Å². The lowest BCUT2D eigenvalue weighted by molar-refractivity contribution is -0.141. The summed E-state index contributed by atoms with van der Waals surface area (Å²) in [4.78, 5) is 34.7. The SMILES string of the molecule is COC(=O)CCN(C)C(=O)N[C@H](C(=O)O)C(C)C. The Bertz CT molecular complexity index is 317. The fourth-order valence-electron chi connectivity index (χ4n) is 1.22. The van der Waals surface area contributed by atoms with Crippen molar-refractivity contribution in [2.45, 2.75) is 26.3 Å². The van der Waals surface area contributed by atoms with Crippen LogP contribution in [0.25, 0.3) is 0 Å². The van der Waals surface area contributed by atoms with Crippen molar-refractivity contribution in [3.63, 3.8) is 0 Å². The van der Waals surface area contributed by atoms with Crippen LogP contribution in [0.4, 0.5) is 4.79 Å². The number of amides is 2. The number of carbonyl (C=O) groups excluding carboxylic acids is 2. The van der Waals surface area contributed by atoms with Gasteiger partial charge < -0.3 is 20.1 Å². The molecular weight excluding hydrogens is 240 g/mol. The number of nitrogens with one attached hydrogen (secondary N) is 1. The van der Waals surface area contributed by atoms with Crippen LogP contribution < -0.4 is 5.32 Å². The van der Waals surface area contributed by atoms with Gasteiger partial charge in [0.15, 0.2) is 0 Å². The second kappa shape index (κ2) is 7.52. The summed E-state index contributed by atoms with van der Waals surface area (Å²) >= 11 is 0. The quantitative estimate of drug-likeness (QED) is 0.670. The van der Waals surface area contributed by atoms with Crippen molar-refractivity contribution < 1.29 is 24.2 Å². The number of carboxylic acid groups (broad SMARTS) is 1. The van der Waals surface area contributed by atoms with Gasteiger partial charge in [0.05, 0.1) is 13.5 Å². The number of aliphatic carboxylic acids is 1. The number of methoxy groups -OCH3 is 1. The lowest BCUT2D eigenvalue weighted by Crippen LogP contribution is -2.49. The number of carboxylic acids is 1. The van der Waals surface area contributed by atoms with Gasteiger partial charge in [-0.15, -0.1) is 0 Å². The highest BCUT2D eigenvalue weighted by molar-refractivity contribution is 5.82. The van der Waals surface area contributed by atoms with Gasteiger partial charge >= 0.3 is 18.0 Å². The number of carbonyl (C=O) groups is 3. The van der Waals surface area contributed by atoms with E-state index in [1.165, 1.54) is 19.1 Å². The molecule has 0 aromatic carbocycles. The predicted molar refractivity (Wildman–Crippen MR) is 64.1 cm³/mol. The van der Waals surface area contributed by atoms with Gasteiger partial charge in [0.1, 0.15) is 6.04 Å². The number of nitrogens with zero attached hydrogens (tertiary/aromatic N) is 1. The topological polar surface area (TPSA) is 95.9 Å². The monoisotopic (exact) mass is 260 g/mol. The summed E-state index contributed by atoms with van der Waals surface area (Å²) < 4.78 is 4.45.